The first kappa shape index (κ1) is 25.9. The second kappa shape index (κ2) is 11.3. The monoisotopic (exact) mass is 438 g/mol. The van der Waals surface area contributed by atoms with Crippen LogP contribution in [0.1, 0.15) is 91.9 Å². The number of rotatable bonds is 6. The van der Waals surface area contributed by atoms with Gasteiger partial charge in [-0.25, -0.2) is 16.8 Å². The van der Waals surface area contributed by atoms with Crippen LogP contribution in [0.4, 0.5) is 0 Å². The lowest BCUT2D eigenvalue weighted by atomic mass is 9.83. The average Bonchev–Trinajstić information content (AvgIpc) is 2.53. The van der Waals surface area contributed by atoms with Crippen molar-refractivity contribution in [3.8, 4) is 0 Å². The van der Waals surface area contributed by atoms with Gasteiger partial charge in [-0.05, 0) is 62.2 Å². The van der Waals surface area contributed by atoms with Crippen LogP contribution in [-0.4, -0.2) is 36.4 Å². The van der Waals surface area contributed by atoms with Crippen LogP contribution in [0.2, 0.25) is 0 Å². The van der Waals surface area contributed by atoms with Crippen LogP contribution in [0.5, 0.6) is 0 Å². The van der Waals surface area contributed by atoms with E-state index in [-0.39, 0.29) is 11.8 Å². The van der Waals surface area contributed by atoms with Gasteiger partial charge in [-0.1, -0.05) is 53.4 Å². The molecule has 0 aliphatic heterocycles. The predicted molar refractivity (Wildman–Crippen MR) is 110 cm³/mol. The summed E-state index contributed by atoms with van der Waals surface area (Å²) in [5, 5.41) is -1.22. The van der Waals surface area contributed by atoms with Crippen molar-refractivity contribution in [2.45, 2.75) is 102 Å². The first-order valence-electron chi connectivity index (χ1n) is 10.7. The second-order valence-electron chi connectivity index (χ2n) is 9.41. The molecule has 0 amide bonds. The normalized spacial score (nSPS) is 29.4. The Morgan fingerprint density at radius 3 is 1.18 bits per heavy atom. The summed E-state index contributed by atoms with van der Waals surface area (Å²) in [5.41, 5.74) is 0. The first-order chi connectivity index (χ1) is 12.8. The van der Waals surface area contributed by atoms with E-state index in [2.05, 4.69) is 27.7 Å². The highest BCUT2D eigenvalue weighted by atomic mass is 32.2. The van der Waals surface area contributed by atoms with Crippen molar-refractivity contribution >= 4 is 20.2 Å². The smallest absolute Gasteiger partial charge is 0.0978 e. The van der Waals surface area contributed by atoms with Crippen molar-refractivity contribution < 1.29 is 25.9 Å². The van der Waals surface area contributed by atoms with Gasteiger partial charge in [0.15, 0.2) is 0 Å². The van der Waals surface area contributed by atoms with Crippen LogP contribution in [0.3, 0.4) is 0 Å². The lowest BCUT2D eigenvalue weighted by Crippen LogP contribution is -2.33. The van der Waals surface area contributed by atoms with Gasteiger partial charge in [-0.15, -0.1) is 0 Å². The molecule has 0 heterocycles. The highest BCUT2D eigenvalue weighted by Gasteiger charge is 2.31. The Bertz CT molecular complexity index is 596. The molecule has 0 saturated heterocycles. The zero-order valence-corrected chi connectivity index (χ0v) is 19.4. The van der Waals surface area contributed by atoms with Crippen molar-refractivity contribution in [3.05, 3.63) is 0 Å². The van der Waals surface area contributed by atoms with E-state index < -0.39 is 30.7 Å². The number of hydrogen-bond donors (Lipinski definition) is 0. The summed E-state index contributed by atoms with van der Waals surface area (Å²) in [6.07, 6.45) is 8.62. The Labute approximate surface area is 172 Å². The quantitative estimate of drug-likeness (QED) is 0.572. The summed E-state index contributed by atoms with van der Waals surface area (Å²) in [4.78, 5) is 0. The Hall–Kier alpha value is -0.180. The van der Waals surface area contributed by atoms with Crippen LogP contribution in [0.15, 0.2) is 0 Å². The van der Waals surface area contributed by atoms with Gasteiger partial charge in [-0.2, -0.15) is 0 Å². The highest BCUT2D eigenvalue weighted by Crippen LogP contribution is 2.34. The van der Waals surface area contributed by atoms with Crippen LogP contribution in [0.25, 0.3) is 0 Å². The SMILES string of the molecule is CC(C)C[C@@H]1CCCC[C@H]1S(=O)(=O)[O-].CC(C)C[C@H]1CCCC[C@@H]1S(=O)(=O)[O-]. The van der Waals surface area contributed by atoms with Crippen molar-refractivity contribution in [2.75, 3.05) is 0 Å². The van der Waals surface area contributed by atoms with Crippen LogP contribution < -0.4 is 0 Å². The predicted octanol–water partition coefficient (Wildman–Crippen LogP) is 4.27. The van der Waals surface area contributed by atoms with Crippen molar-refractivity contribution in [3.63, 3.8) is 0 Å². The van der Waals surface area contributed by atoms with E-state index in [9.17, 15) is 25.9 Å². The zero-order chi connectivity index (χ0) is 21.5. The van der Waals surface area contributed by atoms with Crippen molar-refractivity contribution in [2.24, 2.45) is 23.7 Å². The molecule has 0 unspecified atom stereocenters. The van der Waals surface area contributed by atoms with E-state index in [1.54, 1.807) is 0 Å². The molecular weight excluding hydrogens is 400 g/mol. The van der Waals surface area contributed by atoms with Gasteiger partial charge in [0.2, 0.25) is 0 Å². The van der Waals surface area contributed by atoms with Crippen LogP contribution >= 0.6 is 0 Å². The van der Waals surface area contributed by atoms with Gasteiger partial charge >= 0.3 is 0 Å². The third kappa shape index (κ3) is 9.09. The van der Waals surface area contributed by atoms with Gasteiger partial charge in [0.05, 0.1) is 30.7 Å². The summed E-state index contributed by atoms with van der Waals surface area (Å²) >= 11 is 0. The van der Waals surface area contributed by atoms with Crippen LogP contribution in [0, 0.1) is 23.7 Å². The molecular formula is C20H38O6S2-2. The molecule has 2 aliphatic carbocycles. The van der Waals surface area contributed by atoms with Crippen molar-refractivity contribution in [1.29, 1.82) is 0 Å². The average molecular weight is 439 g/mol. The largest absolute Gasteiger partial charge is 0.748 e. The van der Waals surface area contributed by atoms with Gasteiger partial charge in [-0.3, -0.25) is 0 Å². The minimum atomic E-state index is -4.07. The fourth-order valence-corrected chi connectivity index (χ4v) is 7.21. The molecule has 2 saturated carbocycles. The summed E-state index contributed by atoms with van der Waals surface area (Å²) in [6.45, 7) is 8.29. The molecule has 0 aromatic carbocycles. The minimum absolute atomic E-state index is 0.103. The molecule has 6 nitrogen and oxygen atoms in total. The first-order valence-corrected chi connectivity index (χ1v) is 13.7. The Balaban J connectivity index is 0.000000280. The summed E-state index contributed by atoms with van der Waals surface area (Å²) in [5.74, 6) is 1.15. The molecule has 4 atom stereocenters. The van der Waals surface area contributed by atoms with Crippen LogP contribution in [-0.2, 0) is 20.2 Å². The summed E-state index contributed by atoms with van der Waals surface area (Å²) in [6, 6.07) is 0. The van der Waals surface area contributed by atoms with Crippen molar-refractivity contribution in [1.82, 2.24) is 0 Å². The topological polar surface area (TPSA) is 114 Å². The van der Waals surface area contributed by atoms with E-state index in [0.29, 0.717) is 24.7 Å². The summed E-state index contributed by atoms with van der Waals surface area (Å²) in [7, 11) is -8.14. The molecule has 0 radical (unpaired) electrons. The molecule has 0 spiro atoms. The van der Waals surface area contributed by atoms with E-state index in [1.807, 2.05) is 0 Å². The maximum Gasteiger partial charge on any atom is 0.0978 e. The zero-order valence-electron chi connectivity index (χ0n) is 17.8. The van der Waals surface area contributed by atoms with Gasteiger partial charge in [0.25, 0.3) is 0 Å². The third-order valence-electron chi connectivity index (χ3n) is 5.97. The van der Waals surface area contributed by atoms with E-state index in [1.165, 1.54) is 0 Å². The fraction of sp³-hybridized carbons (Fsp3) is 1.00. The van der Waals surface area contributed by atoms with E-state index in [0.717, 1.165) is 51.4 Å². The van der Waals surface area contributed by atoms with E-state index >= 15 is 0 Å². The molecule has 0 bridgehead atoms. The molecule has 2 fully saturated rings. The van der Waals surface area contributed by atoms with Gasteiger partial charge in [0, 0.05) is 0 Å². The Morgan fingerprint density at radius 2 is 0.929 bits per heavy atom. The molecule has 8 heteroatoms. The molecule has 0 N–H and O–H groups in total. The number of hydrogen-bond acceptors (Lipinski definition) is 6. The fourth-order valence-electron chi connectivity index (χ4n) is 4.86. The lowest BCUT2D eigenvalue weighted by molar-refractivity contribution is 0.290. The van der Waals surface area contributed by atoms with Gasteiger partial charge in [0.1, 0.15) is 0 Å². The Morgan fingerprint density at radius 1 is 0.643 bits per heavy atom. The maximum atomic E-state index is 11.0. The van der Waals surface area contributed by atoms with E-state index in [4.69, 9.17) is 0 Å². The Kier molecular flexibility index (Phi) is 10.4. The second-order valence-corrected chi connectivity index (χ2v) is 12.6. The molecule has 2 rings (SSSR count). The molecule has 168 valence electrons. The summed E-state index contributed by atoms with van der Waals surface area (Å²) < 4.78 is 66.1. The standard InChI is InChI=1S/2C10H20O3S/c2*1-8(2)7-9-5-3-4-6-10(9)14(11,12)13/h2*8-10H,3-7H2,1-2H3,(H,11,12,13)/p-2/t2*9-,10+/m10/s1. The molecule has 2 aliphatic rings. The molecule has 0 aromatic heterocycles. The molecule has 28 heavy (non-hydrogen) atoms. The highest BCUT2D eigenvalue weighted by molar-refractivity contribution is 7.86. The maximum absolute atomic E-state index is 11.0. The minimum Gasteiger partial charge on any atom is -0.748 e. The van der Waals surface area contributed by atoms with Gasteiger partial charge < -0.3 is 9.11 Å². The third-order valence-corrected chi connectivity index (χ3v) is 8.69. The lowest BCUT2D eigenvalue weighted by Gasteiger charge is -2.34. The molecule has 0 aromatic rings.